The molecule has 1 fully saturated rings. The molecule has 1 heterocycles. The number of nitrogens with zero attached hydrogens (tertiary/aromatic N) is 2. The van der Waals surface area contributed by atoms with E-state index in [1.165, 1.54) is 88.9 Å². The van der Waals surface area contributed by atoms with Crippen LogP contribution in [0.2, 0.25) is 0 Å². The summed E-state index contributed by atoms with van der Waals surface area (Å²) in [5.74, 6) is 0. The average molecular weight is 313 g/mol. The van der Waals surface area contributed by atoms with E-state index in [-0.39, 0.29) is 0 Å². The highest BCUT2D eigenvalue weighted by atomic mass is 15.3. The van der Waals surface area contributed by atoms with Gasteiger partial charge in [0.05, 0.1) is 0 Å². The lowest BCUT2D eigenvalue weighted by molar-refractivity contribution is 0.254. The van der Waals surface area contributed by atoms with E-state index in [0.717, 1.165) is 0 Å². The zero-order valence-corrected chi connectivity index (χ0v) is 14.8. The highest BCUT2D eigenvalue weighted by Crippen LogP contribution is 2.33. The predicted molar refractivity (Wildman–Crippen MR) is 101 cm³/mol. The lowest BCUT2D eigenvalue weighted by Crippen LogP contribution is -2.46. The van der Waals surface area contributed by atoms with E-state index in [9.17, 15) is 0 Å². The van der Waals surface area contributed by atoms with Crippen LogP contribution in [-0.4, -0.2) is 37.6 Å². The van der Waals surface area contributed by atoms with E-state index >= 15 is 0 Å². The van der Waals surface area contributed by atoms with Crippen molar-refractivity contribution in [3.63, 3.8) is 0 Å². The zero-order chi connectivity index (χ0) is 15.9. The number of hydrogen-bond acceptors (Lipinski definition) is 2. The fourth-order valence-electron chi connectivity index (χ4n) is 3.87. The van der Waals surface area contributed by atoms with Crippen molar-refractivity contribution >= 4 is 11.3 Å². The summed E-state index contributed by atoms with van der Waals surface area (Å²) in [6, 6.07) is 9.10. The number of hydrogen-bond donors (Lipinski definition) is 0. The molecule has 126 valence electrons. The molecule has 0 aromatic heterocycles. The van der Waals surface area contributed by atoms with Crippen LogP contribution in [0.25, 0.3) is 5.57 Å². The normalized spacial score (nSPS) is 20.2. The molecule has 0 amide bonds. The first-order valence-corrected chi connectivity index (χ1v) is 9.64. The number of allylic oxidation sites excluding steroid dienone is 2. The molecule has 2 nitrogen and oxygen atoms in total. The Morgan fingerprint density at radius 2 is 1.78 bits per heavy atom. The van der Waals surface area contributed by atoms with E-state index in [2.05, 4.69) is 47.1 Å². The summed E-state index contributed by atoms with van der Waals surface area (Å²) in [7, 11) is 0. The first-order valence-electron chi connectivity index (χ1n) is 9.64. The molecule has 1 aliphatic heterocycles. The summed E-state index contributed by atoms with van der Waals surface area (Å²) in [6.45, 7) is 8.34. The summed E-state index contributed by atoms with van der Waals surface area (Å²) >= 11 is 0. The van der Waals surface area contributed by atoms with Gasteiger partial charge in [0.15, 0.2) is 0 Å². The molecule has 0 unspecified atom stereocenters. The third-order valence-corrected chi connectivity index (χ3v) is 5.33. The van der Waals surface area contributed by atoms with Crippen LogP contribution >= 0.6 is 0 Å². The second-order valence-electron chi connectivity index (χ2n) is 7.03. The van der Waals surface area contributed by atoms with Gasteiger partial charge in [-0.25, -0.2) is 0 Å². The molecule has 0 spiro atoms. The van der Waals surface area contributed by atoms with Crippen molar-refractivity contribution in [2.75, 3.05) is 37.6 Å². The lowest BCUT2D eigenvalue weighted by atomic mass is 9.98. The van der Waals surface area contributed by atoms with Crippen LogP contribution < -0.4 is 4.90 Å². The first-order chi connectivity index (χ1) is 11.4. The minimum atomic E-state index is 1.17. The molecule has 1 aromatic carbocycles. The Kier molecular flexibility index (Phi) is 6.15. The molecule has 0 radical (unpaired) electrons. The number of rotatable bonds is 5. The lowest BCUT2D eigenvalue weighted by Gasteiger charge is -2.37. The van der Waals surface area contributed by atoms with Crippen LogP contribution in [0, 0.1) is 0 Å². The maximum absolute atomic E-state index is 2.63. The molecule has 2 heteroatoms. The summed E-state index contributed by atoms with van der Waals surface area (Å²) in [5, 5.41) is 0. The van der Waals surface area contributed by atoms with Gasteiger partial charge in [0, 0.05) is 37.4 Å². The molecule has 0 N–H and O–H groups in total. The highest BCUT2D eigenvalue weighted by molar-refractivity contribution is 5.77. The predicted octanol–water partition coefficient (Wildman–Crippen LogP) is 4.96. The molecular formula is C21H32N2. The van der Waals surface area contributed by atoms with Crippen LogP contribution in [0.3, 0.4) is 0 Å². The van der Waals surface area contributed by atoms with E-state index in [1.54, 1.807) is 5.57 Å². The Bertz CT molecular complexity index is 512. The van der Waals surface area contributed by atoms with E-state index in [4.69, 9.17) is 0 Å². The van der Waals surface area contributed by atoms with Gasteiger partial charge in [0.25, 0.3) is 0 Å². The minimum Gasteiger partial charge on any atom is -0.368 e. The van der Waals surface area contributed by atoms with E-state index in [0.29, 0.717) is 0 Å². The van der Waals surface area contributed by atoms with Crippen molar-refractivity contribution in [3.05, 3.63) is 35.9 Å². The molecule has 1 aromatic rings. The maximum Gasteiger partial charge on any atom is 0.0443 e. The molecule has 23 heavy (non-hydrogen) atoms. The van der Waals surface area contributed by atoms with Crippen LogP contribution in [0.1, 0.15) is 57.4 Å². The number of piperazine rings is 1. The number of anilines is 1. The fourth-order valence-corrected chi connectivity index (χ4v) is 3.87. The first kappa shape index (κ1) is 16.6. The number of para-hydroxylation sites is 1. The third-order valence-electron chi connectivity index (χ3n) is 5.33. The topological polar surface area (TPSA) is 6.48 Å². The fraction of sp³-hybridized carbons (Fsp3) is 0.619. The third kappa shape index (κ3) is 4.38. The largest absolute Gasteiger partial charge is 0.368 e. The molecule has 0 bridgehead atoms. The Morgan fingerprint density at radius 3 is 2.61 bits per heavy atom. The number of unbranched alkanes of at least 4 members (excludes halogenated alkanes) is 1. The zero-order valence-electron chi connectivity index (χ0n) is 14.8. The van der Waals surface area contributed by atoms with Gasteiger partial charge in [-0.1, -0.05) is 44.0 Å². The van der Waals surface area contributed by atoms with Gasteiger partial charge in [-0.2, -0.15) is 0 Å². The minimum absolute atomic E-state index is 1.17. The molecule has 2 aliphatic rings. The van der Waals surface area contributed by atoms with Crippen LogP contribution in [0.4, 0.5) is 5.69 Å². The Hall–Kier alpha value is -1.28. The van der Waals surface area contributed by atoms with Gasteiger partial charge in [-0.15, -0.1) is 0 Å². The van der Waals surface area contributed by atoms with Gasteiger partial charge < -0.3 is 4.90 Å². The molecule has 3 rings (SSSR count). The molecule has 0 saturated carbocycles. The van der Waals surface area contributed by atoms with Gasteiger partial charge in [-0.05, 0) is 50.3 Å². The molecule has 1 saturated heterocycles. The van der Waals surface area contributed by atoms with Crippen LogP contribution in [-0.2, 0) is 0 Å². The quantitative estimate of drug-likeness (QED) is 0.758. The Morgan fingerprint density at radius 1 is 0.957 bits per heavy atom. The summed E-state index contributed by atoms with van der Waals surface area (Å²) in [6.07, 6.45) is 11.8. The number of benzene rings is 1. The van der Waals surface area contributed by atoms with E-state index in [1.807, 2.05) is 0 Å². The van der Waals surface area contributed by atoms with Crippen molar-refractivity contribution in [1.29, 1.82) is 0 Å². The van der Waals surface area contributed by atoms with Crippen LogP contribution in [0.5, 0.6) is 0 Å². The van der Waals surface area contributed by atoms with Gasteiger partial charge in [0.2, 0.25) is 0 Å². The maximum atomic E-state index is 2.63. The van der Waals surface area contributed by atoms with Gasteiger partial charge in [0.1, 0.15) is 0 Å². The summed E-state index contributed by atoms with van der Waals surface area (Å²) in [4.78, 5) is 5.25. The highest BCUT2D eigenvalue weighted by Gasteiger charge is 2.20. The van der Waals surface area contributed by atoms with Crippen molar-refractivity contribution in [3.8, 4) is 0 Å². The Balaban J connectivity index is 1.70. The summed E-state index contributed by atoms with van der Waals surface area (Å²) in [5.41, 5.74) is 4.55. The second kappa shape index (κ2) is 8.54. The smallest absolute Gasteiger partial charge is 0.0443 e. The monoisotopic (exact) mass is 312 g/mol. The second-order valence-corrected chi connectivity index (χ2v) is 7.03. The van der Waals surface area contributed by atoms with Crippen molar-refractivity contribution in [1.82, 2.24) is 4.90 Å². The van der Waals surface area contributed by atoms with Crippen LogP contribution in [0.15, 0.2) is 30.3 Å². The molecule has 0 atom stereocenters. The van der Waals surface area contributed by atoms with Crippen molar-refractivity contribution < 1.29 is 0 Å². The van der Waals surface area contributed by atoms with Gasteiger partial charge >= 0.3 is 0 Å². The molecular weight excluding hydrogens is 280 g/mol. The van der Waals surface area contributed by atoms with E-state index < -0.39 is 0 Å². The average Bonchev–Trinajstić information content (AvgIpc) is 2.90. The summed E-state index contributed by atoms with van der Waals surface area (Å²) < 4.78 is 0. The molecule has 1 aliphatic carbocycles. The SMILES string of the molecule is CCCCN1CCN(c2ccccc2C2=CCCCCC2)CC1. The van der Waals surface area contributed by atoms with Crippen molar-refractivity contribution in [2.24, 2.45) is 0 Å². The standard InChI is InChI=1S/C21H32N2/c1-2-3-14-22-15-17-23(18-16-22)21-13-9-8-12-20(21)19-10-6-4-5-7-11-19/h8-10,12-13H,2-7,11,14-18H2,1H3. The Labute approximate surface area is 142 Å². The van der Waals surface area contributed by atoms with Crippen molar-refractivity contribution in [2.45, 2.75) is 51.9 Å². The van der Waals surface area contributed by atoms with Gasteiger partial charge in [-0.3, -0.25) is 4.90 Å².